The minimum atomic E-state index is 0.0571. The van der Waals surface area contributed by atoms with E-state index in [1.165, 1.54) is 12.8 Å². The third-order valence-electron chi connectivity index (χ3n) is 4.04. The molecule has 0 N–H and O–H groups in total. The molecule has 4 heteroatoms. The molecule has 1 aromatic heterocycles. The topological polar surface area (TPSA) is 42.7 Å². The van der Waals surface area contributed by atoms with Crippen LogP contribution in [0.4, 0.5) is 0 Å². The number of nitrogens with zero attached hydrogens (tertiary/aromatic N) is 1. The molecule has 3 rings (SSSR count). The molecule has 0 unspecified atom stereocenters. The molecule has 1 fully saturated rings. The Morgan fingerprint density at radius 2 is 1.91 bits per heavy atom. The van der Waals surface area contributed by atoms with Gasteiger partial charge in [0.05, 0.1) is 17.8 Å². The summed E-state index contributed by atoms with van der Waals surface area (Å²) < 4.78 is 11.4. The molecule has 1 aromatic carbocycles. The van der Waals surface area contributed by atoms with Crippen molar-refractivity contribution in [1.82, 2.24) is 4.90 Å². The van der Waals surface area contributed by atoms with Gasteiger partial charge in [-0.05, 0) is 44.9 Å². The molecule has 1 saturated heterocycles. The van der Waals surface area contributed by atoms with Crippen LogP contribution in [0.1, 0.15) is 49.9 Å². The highest BCUT2D eigenvalue weighted by atomic mass is 16.5. The maximum absolute atomic E-state index is 12.8. The van der Waals surface area contributed by atoms with Crippen molar-refractivity contribution >= 4 is 16.9 Å². The van der Waals surface area contributed by atoms with Gasteiger partial charge in [0.1, 0.15) is 11.3 Å². The predicted molar refractivity (Wildman–Crippen MR) is 86.3 cm³/mol. The molecule has 1 aliphatic rings. The molecular formula is C18H23NO3. The molecule has 2 aromatic rings. The van der Waals surface area contributed by atoms with Gasteiger partial charge in [-0.3, -0.25) is 4.79 Å². The van der Waals surface area contributed by atoms with Crippen molar-refractivity contribution in [3.8, 4) is 5.75 Å². The lowest BCUT2D eigenvalue weighted by Gasteiger charge is -2.21. The van der Waals surface area contributed by atoms with Gasteiger partial charge in [-0.15, -0.1) is 0 Å². The number of benzene rings is 1. The highest BCUT2D eigenvalue weighted by Gasteiger charge is 2.20. The maximum Gasteiger partial charge on any atom is 0.254 e. The lowest BCUT2D eigenvalue weighted by atomic mass is 10.1. The summed E-state index contributed by atoms with van der Waals surface area (Å²) in [5.41, 5.74) is 1.36. The first-order valence-corrected chi connectivity index (χ1v) is 8.12. The Morgan fingerprint density at radius 3 is 2.59 bits per heavy atom. The molecule has 1 aliphatic heterocycles. The van der Waals surface area contributed by atoms with Gasteiger partial charge in [0, 0.05) is 18.7 Å². The number of rotatable bonds is 3. The minimum absolute atomic E-state index is 0.0571. The van der Waals surface area contributed by atoms with Crippen molar-refractivity contribution in [3.63, 3.8) is 0 Å². The van der Waals surface area contributed by atoms with Crippen molar-refractivity contribution in [2.45, 2.75) is 45.6 Å². The van der Waals surface area contributed by atoms with Crippen LogP contribution < -0.4 is 4.74 Å². The molecule has 118 valence electrons. The number of carbonyl (C=O) groups is 1. The van der Waals surface area contributed by atoms with E-state index in [-0.39, 0.29) is 12.0 Å². The van der Waals surface area contributed by atoms with Crippen LogP contribution in [0.2, 0.25) is 0 Å². The van der Waals surface area contributed by atoms with Crippen molar-refractivity contribution < 1.29 is 13.9 Å². The molecule has 0 aliphatic carbocycles. The fourth-order valence-electron chi connectivity index (χ4n) is 2.97. The first kappa shape index (κ1) is 14.9. The largest absolute Gasteiger partial charge is 0.490 e. The van der Waals surface area contributed by atoms with E-state index in [0.29, 0.717) is 11.1 Å². The highest BCUT2D eigenvalue weighted by Crippen LogP contribution is 2.30. The van der Waals surface area contributed by atoms with Crippen molar-refractivity contribution in [3.05, 3.63) is 30.0 Å². The van der Waals surface area contributed by atoms with E-state index in [1.807, 2.05) is 36.9 Å². The third kappa shape index (κ3) is 3.11. The number of fused-ring (bicyclic) bond motifs is 1. The summed E-state index contributed by atoms with van der Waals surface area (Å²) in [7, 11) is 0. The van der Waals surface area contributed by atoms with Crippen LogP contribution in [0.25, 0.3) is 11.0 Å². The smallest absolute Gasteiger partial charge is 0.254 e. The molecule has 0 spiro atoms. The Kier molecular flexibility index (Phi) is 4.36. The number of hydrogen-bond acceptors (Lipinski definition) is 3. The molecule has 4 nitrogen and oxygen atoms in total. The van der Waals surface area contributed by atoms with Gasteiger partial charge in [-0.1, -0.05) is 12.8 Å². The molecule has 22 heavy (non-hydrogen) atoms. The molecule has 0 bridgehead atoms. The normalized spacial score (nSPS) is 16.0. The van der Waals surface area contributed by atoms with E-state index < -0.39 is 0 Å². The van der Waals surface area contributed by atoms with E-state index in [4.69, 9.17) is 9.15 Å². The van der Waals surface area contributed by atoms with Crippen molar-refractivity contribution in [1.29, 1.82) is 0 Å². The average Bonchev–Trinajstić information content (AvgIpc) is 2.80. The predicted octanol–water partition coefficient (Wildman–Crippen LogP) is 4.24. The van der Waals surface area contributed by atoms with Crippen molar-refractivity contribution in [2.75, 3.05) is 13.1 Å². The zero-order valence-corrected chi connectivity index (χ0v) is 13.3. The number of amides is 1. The van der Waals surface area contributed by atoms with Crippen molar-refractivity contribution in [2.24, 2.45) is 0 Å². The van der Waals surface area contributed by atoms with Crippen LogP contribution in [0.3, 0.4) is 0 Å². The summed E-state index contributed by atoms with van der Waals surface area (Å²) in [5.74, 6) is 0.799. The first-order chi connectivity index (χ1) is 10.6. The Labute approximate surface area is 131 Å². The molecule has 0 radical (unpaired) electrons. The summed E-state index contributed by atoms with van der Waals surface area (Å²) in [4.78, 5) is 14.7. The van der Waals surface area contributed by atoms with Gasteiger partial charge in [0.25, 0.3) is 5.91 Å². The van der Waals surface area contributed by atoms with Gasteiger partial charge in [-0.25, -0.2) is 0 Å². The number of hydrogen-bond donors (Lipinski definition) is 0. The zero-order valence-electron chi connectivity index (χ0n) is 13.3. The second-order valence-corrected chi connectivity index (χ2v) is 6.18. The summed E-state index contributed by atoms with van der Waals surface area (Å²) in [6.07, 6.45) is 6.29. The SMILES string of the molecule is CC(C)Oc1cc(C(=O)N2CCCCCC2)cc2occc12. The fraction of sp³-hybridized carbons (Fsp3) is 0.500. The van der Waals surface area contributed by atoms with Crippen LogP contribution in [0, 0.1) is 0 Å². The molecule has 1 amide bonds. The van der Waals surface area contributed by atoms with E-state index in [0.717, 1.165) is 37.1 Å². The number of carbonyl (C=O) groups excluding carboxylic acids is 1. The Hall–Kier alpha value is -1.97. The molecule has 0 saturated carbocycles. The quantitative estimate of drug-likeness (QED) is 0.851. The van der Waals surface area contributed by atoms with Crippen LogP contribution >= 0.6 is 0 Å². The van der Waals surface area contributed by atoms with Crippen LogP contribution in [-0.2, 0) is 0 Å². The van der Waals surface area contributed by atoms with Crippen LogP contribution in [0.5, 0.6) is 5.75 Å². The second kappa shape index (κ2) is 6.42. The number of ether oxygens (including phenoxy) is 1. The monoisotopic (exact) mass is 301 g/mol. The fourth-order valence-corrected chi connectivity index (χ4v) is 2.97. The highest BCUT2D eigenvalue weighted by molar-refractivity contribution is 5.99. The van der Waals surface area contributed by atoms with Crippen LogP contribution in [0.15, 0.2) is 28.9 Å². The standard InChI is InChI=1S/C18H23NO3/c1-13(2)22-17-12-14(11-16-15(17)7-10-21-16)18(20)19-8-5-3-4-6-9-19/h7,10-13H,3-6,8-9H2,1-2H3. The third-order valence-corrected chi connectivity index (χ3v) is 4.04. The Balaban J connectivity index is 1.93. The minimum Gasteiger partial charge on any atom is -0.490 e. The Morgan fingerprint density at radius 1 is 1.18 bits per heavy atom. The molecular weight excluding hydrogens is 278 g/mol. The summed E-state index contributed by atoms with van der Waals surface area (Å²) in [5, 5.41) is 0.918. The van der Waals surface area contributed by atoms with Gasteiger partial charge >= 0.3 is 0 Å². The van der Waals surface area contributed by atoms with Gasteiger partial charge in [0.15, 0.2) is 0 Å². The first-order valence-electron chi connectivity index (χ1n) is 8.12. The Bertz CT molecular complexity index is 651. The van der Waals surface area contributed by atoms with Gasteiger partial charge in [-0.2, -0.15) is 0 Å². The molecule has 0 atom stereocenters. The van der Waals surface area contributed by atoms with E-state index in [2.05, 4.69) is 0 Å². The van der Waals surface area contributed by atoms with E-state index >= 15 is 0 Å². The second-order valence-electron chi connectivity index (χ2n) is 6.18. The lowest BCUT2D eigenvalue weighted by molar-refractivity contribution is 0.0761. The maximum atomic E-state index is 12.8. The van der Waals surface area contributed by atoms with Gasteiger partial charge in [0.2, 0.25) is 0 Å². The van der Waals surface area contributed by atoms with E-state index in [1.54, 1.807) is 6.26 Å². The summed E-state index contributed by atoms with van der Waals surface area (Å²) >= 11 is 0. The summed E-state index contributed by atoms with van der Waals surface area (Å²) in [6.45, 7) is 5.65. The molecule has 2 heterocycles. The zero-order chi connectivity index (χ0) is 15.5. The average molecular weight is 301 g/mol. The lowest BCUT2D eigenvalue weighted by Crippen LogP contribution is -2.31. The van der Waals surface area contributed by atoms with Gasteiger partial charge < -0.3 is 14.1 Å². The van der Waals surface area contributed by atoms with Crippen LogP contribution in [-0.4, -0.2) is 30.0 Å². The number of furan rings is 1. The number of likely N-dealkylation sites (tertiary alicyclic amines) is 1. The van der Waals surface area contributed by atoms with E-state index in [9.17, 15) is 4.79 Å². The summed E-state index contributed by atoms with van der Waals surface area (Å²) in [6, 6.07) is 5.56.